The van der Waals surface area contributed by atoms with Gasteiger partial charge in [0.2, 0.25) is 0 Å². The fourth-order valence-electron chi connectivity index (χ4n) is 1.98. The Morgan fingerprint density at radius 2 is 1.56 bits per heavy atom. The second-order valence-electron chi connectivity index (χ2n) is 3.93. The molecule has 3 heteroatoms. The first-order chi connectivity index (χ1) is 8.34. The molecule has 1 heterocycles. The van der Waals surface area contributed by atoms with Gasteiger partial charge < -0.3 is 5.11 Å². The van der Waals surface area contributed by atoms with Crippen molar-refractivity contribution in [3.05, 3.63) is 60.8 Å². The number of fused-ring (bicyclic) bond motifs is 1. The van der Waals surface area contributed by atoms with Gasteiger partial charge in [0, 0.05) is 17.1 Å². The van der Waals surface area contributed by atoms with Crippen molar-refractivity contribution < 1.29 is 5.11 Å². The molecule has 0 radical (unpaired) electrons. The summed E-state index contributed by atoms with van der Waals surface area (Å²) in [6, 6.07) is 17.3. The van der Waals surface area contributed by atoms with E-state index in [9.17, 15) is 5.11 Å². The van der Waals surface area contributed by atoms with Crippen LogP contribution in [-0.2, 0) is 0 Å². The van der Waals surface area contributed by atoms with Crippen molar-refractivity contribution >= 4 is 29.8 Å². The summed E-state index contributed by atoms with van der Waals surface area (Å²) in [5, 5.41) is 10.4. The first-order valence-electron chi connectivity index (χ1n) is 5.48. The molecule has 1 N–H and O–H groups in total. The van der Waals surface area contributed by atoms with Crippen molar-refractivity contribution in [2.45, 2.75) is 0 Å². The second-order valence-corrected chi connectivity index (χ2v) is 3.93. The fourth-order valence-corrected chi connectivity index (χ4v) is 1.98. The molecule has 0 saturated carbocycles. The minimum atomic E-state index is 0. The number of phenols is 1. The van der Waals surface area contributed by atoms with E-state index in [1.54, 1.807) is 18.3 Å². The molecule has 0 fully saturated rings. The van der Waals surface area contributed by atoms with Crippen LogP contribution in [0.4, 0.5) is 0 Å². The van der Waals surface area contributed by atoms with Gasteiger partial charge in [0.1, 0.15) is 5.75 Å². The SMILES string of the molecule is Oc1ccc(-c2cccc3cccnc23)cc1.[LiH]. The molecule has 2 nitrogen and oxygen atoms in total. The third kappa shape index (κ3) is 2.26. The molecule has 84 valence electrons. The van der Waals surface area contributed by atoms with Gasteiger partial charge in [0.25, 0.3) is 0 Å². The molecule has 3 aromatic rings. The molecule has 0 amide bonds. The van der Waals surface area contributed by atoms with Crippen molar-refractivity contribution in [1.29, 1.82) is 0 Å². The van der Waals surface area contributed by atoms with Gasteiger partial charge in [-0.3, -0.25) is 4.98 Å². The van der Waals surface area contributed by atoms with E-state index in [1.807, 2.05) is 42.5 Å². The van der Waals surface area contributed by atoms with Crippen LogP contribution in [0, 0.1) is 0 Å². The average Bonchev–Trinajstić information content (AvgIpc) is 2.39. The maximum absolute atomic E-state index is 9.30. The minimum absolute atomic E-state index is 0. The molecule has 0 aliphatic rings. The van der Waals surface area contributed by atoms with E-state index >= 15 is 0 Å². The van der Waals surface area contributed by atoms with Crippen LogP contribution in [0.25, 0.3) is 22.0 Å². The molecule has 0 spiro atoms. The van der Waals surface area contributed by atoms with E-state index < -0.39 is 0 Å². The van der Waals surface area contributed by atoms with Crippen LogP contribution < -0.4 is 0 Å². The number of rotatable bonds is 1. The topological polar surface area (TPSA) is 33.1 Å². The van der Waals surface area contributed by atoms with Crippen LogP contribution in [-0.4, -0.2) is 29.0 Å². The predicted octanol–water partition coefficient (Wildman–Crippen LogP) is 2.96. The van der Waals surface area contributed by atoms with Gasteiger partial charge in [-0.1, -0.05) is 36.4 Å². The summed E-state index contributed by atoms with van der Waals surface area (Å²) in [6.45, 7) is 0. The first-order valence-corrected chi connectivity index (χ1v) is 5.48. The van der Waals surface area contributed by atoms with Gasteiger partial charge in [0.05, 0.1) is 5.52 Å². The third-order valence-corrected chi connectivity index (χ3v) is 2.81. The van der Waals surface area contributed by atoms with Crippen LogP contribution in [0.15, 0.2) is 60.8 Å². The normalized spacial score (nSPS) is 10.0. The summed E-state index contributed by atoms with van der Waals surface area (Å²) in [6.07, 6.45) is 1.80. The maximum atomic E-state index is 9.30. The zero-order valence-electron chi connectivity index (χ0n) is 9.17. The van der Waals surface area contributed by atoms with Crippen LogP contribution >= 0.6 is 0 Å². The van der Waals surface area contributed by atoms with Gasteiger partial charge in [-0.25, -0.2) is 0 Å². The van der Waals surface area contributed by atoms with Crippen molar-refractivity contribution in [1.82, 2.24) is 4.98 Å². The van der Waals surface area contributed by atoms with E-state index in [0.29, 0.717) is 0 Å². The first kappa shape index (κ1) is 12.7. The fraction of sp³-hybridized carbons (Fsp3) is 0. The Hall–Kier alpha value is -1.75. The number of phenolic OH excluding ortho intramolecular Hbond substituents is 1. The molecule has 0 atom stereocenters. The Morgan fingerprint density at radius 1 is 0.833 bits per heavy atom. The van der Waals surface area contributed by atoms with Crippen LogP contribution in [0.5, 0.6) is 5.75 Å². The summed E-state index contributed by atoms with van der Waals surface area (Å²) in [7, 11) is 0. The number of pyridine rings is 1. The Balaban J connectivity index is 0.00000120. The van der Waals surface area contributed by atoms with Crippen LogP contribution in [0.2, 0.25) is 0 Å². The van der Waals surface area contributed by atoms with Crippen molar-refractivity contribution in [2.75, 3.05) is 0 Å². The number of benzene rings is 2. The Bertz CT molecular complexity index is 659. The molecule has 0 unspecified atom stereocenters. The summed E-state index contributed by atoms with van der Waals surface area (Å²) < 4.78 is 0. The summed E-state index contributed by atoms with van der Waals surface area (Å²) >= 11 is 0. The van der Waals surface area contributed by atoms with E-state index in [4.69, 9.17) is 0 Å². The second kappa shape index (κ2) is 5.26. The predicted molar refractivity (Wildman–Crippen MR) is 76.0 cm³/mol. The molecule has 0 aliphatic heterocycles. The van der Waals surface area contributed by atoms with Gasteiger partial charge in [0.15, 0.2) is 0 Å². The Morgan fingerprint density at radius 3 is 2.33 bits per heavy atom. The molecule has 2 aromatic carbocycles. The van der Waals surface area contributed by atoms with Crippen LogP contribution in [0.1, 0.15) is 0 Å². The number of aromatic hydroxyl groups is 1. The van der Waals surface area contributed by atoms with Crippen molar-refractivity contribution in [3.63, 3.8) is 0 Å². The Kier molecular flexibility index (Phi) is 3.71. The molecule has 18 heavy (non-hydrogen) atoms. The number of aromatic nitrogens is 1. The molecule has 3 rings (SSSR count). The standard InChI is InChI=1S/C15H11NO.Li.H/c17-13-8-6-11(7-9-13)14-5-1-3-12-4-2-10-16-15(12)14;;/h1-10,17H;;. The van der Waals surface area contributed by atoms with Crippen LogP contribution in [0.3, 0.4) is 0 Å². The Labute approximate surface area is 117 Å². The average molecular weight is 229 g/mol. The van der Waals surface area contributed by atoms with Crippen molar-refractivity contribution in [2.24, 2.45) is 0 Å². The van der Waals surface area contributed by atoms with Crippen molar-refractivity contribution in [3.8, 4) is 16.9 Å². The quantitative estimate of drug-likeness (QED) is 0.651. The molecule has 0 saturated heterocycles. The summed E-state index contributed by atoms with van der Waals surface area (Å²) in [4.78, 5) is 4.42. The van der Waals surface area contributed by atoms with E-state index in [2.05, 4.69) is 4.98 Å². The van der Waals surface area contributed by atoms with E-state index in [1.165, 1.54) is 0 Å². The van der Waals surface area contributed by atoms with Gasteiger partial charge >= 0.3 is 18.9 Å². The molecule has 0 aliphatic carbocycles. The number of para-hydroxylation sites is 1. The molecule has 1 aromatic heterocycles. The summed E-state index contributed by atoms with van der Waals surface area (Å²) in [5.74, 6) is 0.280. The van der Waals surface area contributed by atoms with Gasteiger partial charge in [-0.2, -0.15) is 0 Å². The monoisotopic (exact) mass is 229 g/mol. The van der Waals surface area contributed by atoms with E-state index in [-0.39, 0.29) is 24.6 Å². The van der Waals surface area contributed by atoms with E-state index in [0.717, 1.165) is 22.0 Å². The third-order valence-electron chi connectivity index (χ3n) is 2.81. The molecular formula is C15H12LiNO. The van der Waals surface area contributed by atoms with Gasteiger partial charge in [-0.05, 0) is 23.8 Å². The number of hydrogen-bond acceptors (Lipinski definition) is 2. The number of nitrogens with zero attached hydrogens (tertiary/aromatic N) is 1. The van der Waals surface area contributed by atoms with Gasteiger partial charge in [-0.15, -0.1) is 0 Å². The molecular weight excluding hydrogens is 217 g/mol. The zero-order valence-corrected chi connectivity index (χ0v) is 9.17. The number of hydrogen-bond donors (Lipinski definition) is 1. The zero-order chi connectivity index (χ0) is 11.7. The molecule has 0 bridgehead atoms. The summed E-state index contributed by atoms with van der Waals surface area (Å²) in [5.41, 5.74) is 3.14.